The lowest BCUT2D eigenvalue weighted by Gasteiger charge is -2.74. The molecule has 0 amide bonds. The molecule has 0 radical (unpaired) electrons. The van der Waals surface area contributed by atoms with Crippen LogP contribution >= 0.6 is 7.82 Å². The van der Waals surface area contributed by atoms with Gasteiger partial charge in [0.2, 0.25) is 0 Å². The van der Waals surface area contributed by atoms with Gasteiger partial charge < -0.3 is 24.6 Å². The fourth-order valence-corrected chi connectivity index (χ4v) is 10.6. The number of phosphoric ester groups is 1. The third-order valence-corrected chi connectivity index (χ3v) is 13.7. The summed E-state index contributed by atoms with van der Waals surface area (Å²) in [5.41, 5.74) is 0. The first-order chi connectivity index (χ1) is 24.3. The molecule has 3 N–H and O–H groups in total. The topological polar surface area (TPSA) is 132 Å². The number of hydrogen-bond acceptors (Lipinski definition) is 8. The summed E-state index contributed by atoms with van der Waals surface area (Å²) in [6, 6.07) is 0. The number of ether oxygens (including phenoxy) is 2. The Labute approximate surface area is 303 Å². The van der Waals surface area contributed by atoms with Crippen LogP contribution in [0.3, 0.4) is 0 Å². The fraction of sp³-hybridized carbons (Fsp3) is 0.975. The van der Waals surface area contributed by atoms with Gasteiger partial charge in [0.25, 0.3) is 0 Å². The minimum absolute atomic E-state index is 0.0679. The van der Waals surface area contributed by atoms with Gasteiger partial charge in [-0.2, -0.15) is 0 Å². The number of aliphatic hydroxyl groups excluding tert-OH is 2. The number of hydrogen-bond donors (Lipinski definition) is 3. The Balaban J connectivity index is 1.02. The van der Waals surface area contributed by atoms with E-state index in [-0.39, 0.29) is 19.2 Å². The molecule has 0 spiro atoms. The number of phosphoric acid groups is 1. The molecule has 0 aromatic carbocycles. The predicted molar refractivity (Wildman–Crippen MR) is 196 cm³/mol. The van der Waals surface area contributed by atoms with Gasteiger partial charge in [0.15, 0.2) is 0 Å². The summed E-state index contributed by atoms with van der Waals surface area (Å²) in [5.74, 6) is 7.41. The number of unbranched alkanes of at least 4 members (excludes halogenated alkanes) is 15. The van der Waals surface area contributed by atoms with Gasteiger partial charge in [-0.3, -0.25) is 13.8 Å². The average Bonchev–Trinajstić information content (AvgIpc) is 3.10. The maximum atomic E-state index is 12.4. The molecule has 0 saturated heterocycles. The molecular weight excluding hydrogens is 655 g/mol. The lowest BCUT2D eigenvalue weighted by molar-refractivity contribution is -0.264. The minimum atomic E-state index is -4.47. The number of esters is 1. The van der Waals surface area contributed by atoms with Crippen molar-refractivity contribution in [2.45, 2.75) is 173 Å². The van der Waals surface area contributed by atoms with E-state index in [1.165, 1.54) is 109 Å². The van der Waals surface area contributed by atoms with Gasteiger partial charge in [0.05, 0.1) is 19.8 Å². The third-order valence-electron chi connectivity index (χ3n) is 12.7. The molecule has 50 heavy (non-hydrogen) atoms. The van der Waals surface area contributed by atoms with Gasteiger partial charge in [-0.25, -0.2) is 4.57 Å². The molecule has 4 aliphatic rings. The number of aliphatic hydroxyl groups is 2. The van der Waals surface area contributed by atoms with Crippen molar-refractivity contribution < 1.29 is 43.0 Å². The average molecular weight is 729 g/mol. The van der Waals surface area contributed by atoms with E-state index in [1.807, 2.05) is 0 Å². The molecule has 4 saturated carbocycles. The summed E-state index contributed by atoms with van der Waals surface area (Å²) in [5, 5.41) is 18.4. The van der Waals surface area contributed by atoms with Gasteiger partial charge in [0.1, 0.15) is 18.8 Å². The summed E-state index contributed by atoms with van der Waals surface area (Å²) in [6.07, 6.45) is 27.6. The molecule has 10 atom stereocenters. The Kier molecular flexibility index (Phi) is 19.7. The van der Waals surface area contributed by atoms with E-state index in [2.05, 4.69) is 6.92 Å². The van der Waals surface area contributed by atoms with Crippen molar-refractivity contribution in [2.24, 2.45) is 41.4 Å². The summed E-state index contributed by atoms with van der Waals surface area (Å²) < 4.78 is 33.5. The van der Waals surface area contributed by atoms with Crippen LogP contribution in [0.15, 0.2) is 0 Å². The highest BCUT2D eigenvalue weighted by Crippen LogP contribution is 2.74. The van der Waals surface area contributed by atoms with Crippen LogP contribution in [0.2, 0.25) is 0 Å². The second kappa shape index (κ2) is 23.3. The predicted octanol–water partition coefficient (Wildman–Crippen LogP) is 9.15. The Hall–Kier alpha value is -0.540. The van der Waals surface area contributed by atoms with E-state index in [0.29, 0.717) is 13.0 Å². The Morgan fingerprint density at radius 1 is 0.700 bits per heavy atom. The van der Waals surface area contributed by atoms with Crippen LogP contribution in [0, 0.1) is 41.4 Å². The molecule has 292 valence electrons. The summed E-state index contributed by atoms with van der Waals surface area (Å²) in [6.45, 7) is 1.20. The van der Waals surface area contributed by atoms with Gasteiger partial charge >= 0.3 is 13.8 Å². The molecule has 0 aromatic rings. The smallest absolute Gasteiger partial charge is 0.463 e. The highest BCUT2D eigenvalue weighted by molar-refractivity contribution is 7.47. The molecule has 10 heteroatoms. The SMILES string of the molecule is CCCCCCCCCCCCCC(=O)OC[C@H](COP(=O)(O)OC[C@@H](O)CO)OCCCCCCCCC1CCC2C(C1)C1C3CCC3C21. The second-order valence-corrected chi connectivity index (χ2v) is 17.8. The van der Waals surface area contributed by atoms with E-state index in [4.69, 9.17) is 23.6 Å². The zero-order valence-electron chi connectivity index (χ0n) is 31.4. The number of carbonyl (C=O) groups excluding carboxylic acids is 1. The van der Waals surface area contributed by atoms with Crippen LogP contribution in [0.4, 0.5) is 0 Å². The molecule has 0 aliphatic heterocycles. The van der Waals surface area contributed by atoms with Crippen molar-refractivity contribution >= 4 is 13.8 Å². The lowest BCUT2D eigenvalue weighted by atomic mass is 9.30. The van der Waals surface area contributed by atoms with Crippen LogP contribution in [0.1, 0.15) is 161 Å². The van der Waals surface area contributed by atoms with Crippen LogP contribution in [0.25, 0.3) is 0 Å². The maximum Gasteiger partial charge on any atom is 0.472 e. The Morgan fingerprint density at radius 3 is 1.88 bits per heavy atom. The van der Waals surface area contributed by atoms with Crippen molar-refractivity contribution in [3.63, 3.8) is 0 Å². The number of carbonyl (C=O) groups is 1. The molecule has 0 bridgehead atoms. The summed E-state index contributed by atoms with van der Waals surface area (Å²) in [4.78, 5) is 22.4. The van der Waals surface area contributed by atoms with Crippen LogP contribution in [-0.2, 0) is 27.9 Å². The van der Waals surface area contributed by atoms with Gasteiger partial charge in [-0.1, -0.05) is 116 Å². The second-order valence-electron chi connectivity index (χ2n) is 16.3. The third kappa shape index (κ3) is 14.0. The standard InChI is InChI=1S/C40H73O9P/c1-2-3-4-5-6-7-8-9-10-14-17-20-38(43)47-29-33(30-49-50(44,45)48-28-32(42)27-41)46-25-18-15-12-11-13-16-19-31-21-22-36-37(26-31)40-35-24-23-34(35)39(36)40/h31-37,39-42H,2-30H2,1H3,(H,44,45)/t31?,32-,33+,34?,35?,36?,37?,39?,40?/m0/s1. The summed E-state index contributed by atoms with van der Waals surface area (Å²) in [7, 11) is -4.47. The zero-order chi connectivity index (χ0) is 35.6. The normalized spacial score (nSPS) is 28.9. The first-order valence-corrected chi connectivity index (χ1v) is 22.5. The Bertz CT molecular complexity index is 974. The van der Waals surface area contributed by atoms with Crippen molar-refractivity contribution in [1.82, 2.24) is 0 Å². The van der Waals surface area contributed by atoms with Crippen molar-refractivity contribution in [1.29, 1.82) is 0 Å². The van der Waals surface area contributed by atoms with E-state index >= 15 is 0 Å². The first-order valence-electron chi connectivity index (χ1n) is 21.0. The maximum absolute atomic E-state index is 12.4. The summed E-state index contributed by atoms with van der Waals surface area (Å²) >= 11 is 0. The quantitative estimate of drug-likeness (QED) is 0.0363. The number of rotatable bonds is 31. The highest BCUT2D eigenvalue weighted by atomic mass is 31.2. The van der Waals surface area contributed by atoms with Crippen LogP contribution < -0.4 is 0 Å². The first kappa shape index (κ1) is 42.2. The monoisotopic (exact) mass is 728 g/mol. The van der Waals surface area contributed by atoms with Crippen LogP contribution in [-0.4, -0.2) is 66.3 Å². The van der Waals surface area contributed by atoms with Crippen molar-refractivity contribution in [3.05, 3.63) is 0 Å². The van der Waals surface area contributed by atoms with E-state index in [9.17, 15) is 19.4 Å². The molecule has 9 nitrogen and oxygen atoms in total. The molecule has 4 fully saturated rings. The molecular formula is C40H73O9P. The van der Waals surface area contributed by atoms with E-state index in [0.717, 1.165) is 80.0 Å². The fourth-order valence-electron chi connectivity index (χ4n) is 9.77. The van der Waals surface area contributed by atoms with Gasteiger partial charge in [-0.05, 0) is 80.0 Å². The van der Waals surface area contributed by atoms with Crippen LogP contribution in [0.5, 0.6) is 0 Å². The molecule has 0 heterocycles. The van der Waals surface area contributed by atoms with Gasteiger partial charge in [0, 0.05) is 13.0 Å². The zero-order valence-corrected chi connectivity index (χ0v) is 32.3. The molecule has 4 aliphatic carbocycles. The van der Waals surface area contributed by atoms with E-state index in [1.54, 1.807) is 0 Å². The minimum Gasteiger partial charge on any atom is -0.463 e. The largest absolute Gasteiger partial charge is 0.472 e. The van der Waals surface area contributed by atoms with Crippen molar-refractivity contribution in [2.75, 3.05) is 33.0 Å². The van der Waals surface area contributed by atoms with Crippen molar-refractivity contribution in [3.8, 4) is 0 Å². The van der Waals surface area contributed by atoms with E-state index < -0.39 is 33.2 Å². The molecule has 4 rings (SSSR count). The van der Waals surface area contributed by atoms with Gasteiger partial charge in [-0.15, -0.1) is 0 Å². The highest BCUT2D eigenvalue weighted by Gasteiger charge is 2.68. The lowest BCUT2D eigenvalue weighted by Crippen LogP contribution is -2.69. The number of fused-ring (bicyclic) bond motifs is 7. The molecule has 8 unspecified atom stereocenters. The molecule has 0 aromatic heterocycles. The Morgan fingerprint density at radius 2 is 1.24 bits per heavy atom.